The third kappa shape index (κ3) is 3.96. The van der Waals surface area contributed by atoms with Crippen LogP contribution in [-0.2, 0) is 14.3 Å². The Morgan fingerprint density at radius 1 is 1.31 bits per heavy atom. The zero-order valence-corrected chi connectivity index (χ0v) is 18.4. The minimum Gasteiger partial charge on any atom is -0.380 e. The van der Waals surface area contributed by atoms with Gasteiger partial charge in [0.2, 0.25) is 0 Å². The number of carbonyl (C=O) groups excluding carboxylic acids is 2. The fraction of sp³-hybridized carbons (Fsp3) is 0.227. The van der Waals surface area contributed by atoms with Crippen molar-refractivity contribution in [1.29, 1.82) is 0 Å². The Kier molecular flexibility index (Phi) is 5.42. The average molecular weight is 481 g/mol. The van der Waals surface area contributed by atoms with Crippen LogP contribution in [-0.4, -0.2) is 61.7 Å². The number of nitrogens with two attached hydrogens (primary N) is 1. The van der Waals surface area contributed by atoms with Gasteiger partial charge in [-0.15, -0.1) is 5.10 Å². The number of ether oxygens (including phenoxy) is 1. The number of hydrogen-bond donors (Lipinski definition) is 3. The standard InChI is InChI=1S/C22H20FN7O5/c1-22(33,21(32)26-12-10-14(23)17-15(11-12)35-28-19(17)24)18-20(31)29(8-9-34-18)16-4-7-30(27-16)13-2-5-25-6-3-13/h2-7,10-11,18,33H,8-9H2,1H3,(H2,24,28)(H,26,32). The molecule has 2 amide bonds. The first-order valence-corrected chi connectivity index (χ1v) is 10.5. The van der Waals surface area contributed by atoms with Crippen LogP contribution in [0.5, 0.6) is 0 Å². The highest BCUT2D eigenvalue weighted by molar-refractivity contribution is 6.06. The third-order valence-corrected chi connectivity index (χ3v) is 5.65. The van der Waals surface area contributed by atoms with Crippen molar-refractivity contribution in [1.82, 2.24) is 19.9 Å². The Hall–Kier alpha value is -4.36. The van der Waals surface area contributed by atoms with Crippen molar-refractivity contribution < 1.29 is 28.3 Å². The molecule has 35 heavy (non-hydrogen) atoms. The van der Waals surface area contributed by atoms with E-state index in [1.165, 1.54) is 11.0 Å². The molecule has 1 fully saturated rings. The topological polar surface area (TPSA) is 162 Å². The maximum atomic E-state index is 14.4. The molecule has 5 rings (SSSR count). The number of aromatic nitrogens is 4. The van der Waals surface area contributed by atoms with Gasteiger partial charge in [-0.2, -0.15) is 0 Å². The Balaban J connectivity index is 1.35. The first-order valence-electron chi connectivity index (χ1n) is 10.5. The number of hydrogen-bond acceptors (Lipinski definition) is 9. The van der Waals surface area contributed by atoms with Crippen molar-refractivity contribution in [3.8, 4) is 5.69 Å². The summed E-state index contributed by atoms with van der Waals surface area (Å²) < 4.78 is 26.4. The monoisotopic (exact) mass is 481 g/mol. The molecule has 13 heteroatoms. The molecule has 0 radical (unpaired) electrons. The van der Waals surface area contributed by atoms with Gasteiger partial charge in [0.15, 0.2) is 28.9 Å². The Morgan fingerprint density at radius 2 is 2.09 bits per heavy atom. The fourth-order valence-corrected chi connectivity index (χ4v) is 3.81. The second-order valence-electron chi connectivity index (χ2n) is 8.07. The summed E-state index contributed by atoms with van der Waals surface area (Å²) in [5, 5.41) is 21.3. The number of halogens is 1. The van der Waals surface area contributed by atoms with Crippen LogP contribution in [0.15, 0.2) is 53.4 Å². The van der Waals surface area contributed by atoms with E-state index in [0.29, 0.717) is 5.82 Å². The van der Waals surface area contributed by atoms with E-state index in [2.05, 4.69) is 20.6 Å². The second kappa shape index (κ2) is 8.45. The van der Waals surface area contributed by atoms with Crippen LogP contribution < -0.4 is 16.0 Å². The number of amides is 2. The number of carbonyl (C=O) groups is 2. The van der Waals surface area contributed by atoms with Crippen LogP contribution >= 0.6 is 0 Å². The van der Waals surface area contributed by atoms with Gasteiger partial charge in [-0.3, -0.25) is 19.5 Å². The van der Waals surface area contributed by atoms with Gasteiger partial charge in [-0.05, 0) is 25.1 Å². The summed E-state index contributed by atoms with van der Waals surface area (Å²) in [7, 11) is 0. The largest absolute Gasteiger partial charge is 0.380 e. The minimum atomic E-state index is -2.30. The molecule has 180 valence electrons. The predicted octanol–water partition coefficient (Wildman–Crippen LogP) is 1.25. The highest BCUT2D eigenvalue weighted by Crippen LogP contribution is 2.29. The van der Waals surface area contributed by atoms with E-state index >= 15 is 0 Å². The van der Waals surface area contributed by atoms with E-state index < -0.39 is 29.3 Å². The highest BCUT2D eigenvalue weighted by Gasteiger charge is 2.49. The summed E-state index contributed by atoms with van der Waals surface area (Å²) in [6.07, 6.45) is 3.37. The molecule has 4 aromatic rings. The van der Waals surface area contributed by atoms with Crippen LogP contribution in [0, 0.1) is 5.82 Å². The van der Waals surface area contributed by atoms with Crippen molar-refractivity contribution in [2.24, 2.45) is 0 Å². The van der Waals surface area contributed by atoms with E-state index in [1.807, 2.05) is 0 Å². The SMILES string of the molecule is CC(O)(C(=O)Nc1cc(F)c2c(N)noc2c1)C1OCCN(c2ccn(-c3ccncc3)n2)C1=O. The van der Waals surface area contributed by atoms with Crippen molar-refractivity contribution in [2.45, 2.75) is 18.6 Å². The van der Waals surface area contributed by atoms with E-state index in [4.69, 9.17) is 15.0 Å². The minimum absolute atomic E-state index is 0.0124. The lowest BCUT2D eigenvalue weighted by Crippen LogP contribution is -2.61. The lowest BCUT2D eigenvalue weighted by Gasteiger charge is -2.37. The number of fused-ring (bicyclic) bond motifs is 1. The molecule has 0 saturated carbocycles. The summed E-state index contributed by atoms with van der Waals surface area (Å²) in [4.78, 5) is 31.4. The lowest BCUT2D eigenvalue weighted by atomic mass is 9.95. The maximum absolute atomic E-state index is 14.4. The van der Waals surface area contributed by atoms with Crippen molar-refractivity contribution in [3.05, 3.63) is 54.7 Å². The van der Waals surface area contributed by atoms with Gasteiger partial charge in [-0.25, -0.2) is 9.07 Å². The molecule has 1 aliphatic heterocycles. The molecular formula is C22H20FN7O5. The number of anilines is 3. The maximum Gasteiger partial charge on any atom is 0.260 e. The Labute approximate surface area is 197 Å². The number of nitrogens with zero attached hydrogens (tertiary/aromatic N) is 5. The molecule has 4 heterocycles. The lowest BCUT2D eigenvalue weighted by molar-refractivity contribution is -0.165. The van der Waals surface area contributed by atoms with Crippen molar-refractivity contribution in [2.75, 3.05) is 29.1 Å². The molecule has 1 saturated heterocycles. The first kappa shape index (κ1) is 22.4. The summed E-state index contributed by atoms with van der Waals surface area (Å²) in [6, 6.07) is 7.45. The molecule has 0 aliphatic carbocycles. The Morgan fingerprint density at radius 3 is 2.86 bits per heavy atom. The number of aliphatic hydroxyl groups is 1. The molecule has 2 atom stereocenters. The van der Waals surface area contributed by atoms with Gasteiger partial charge in [0.05, 0.1) is 18.8 Å². The van der Waals surface area contributed by atoms with Crippen LogP contribution in [0.4, 0.5) is 21.7 Å². The van der Waals surface area contributed by atoms with Crippen LogP contribution in [0.3, 0.4) is 0 Å². The van der Waals surface area contributed by atoms with E-state index in [0.717, 1.165) is 18.7 Å². The molecule has 1 aliphatic rings. The van der Waals surface area contributed by atoms with E-state index in [1.54, 1.807) is 41.5 Å². The van der Waals surface area contributed by atoms with Crippen LogP contribution in [0.25, 0.3) is 16.7 Å². The van der Waals surface area contributed by atoms with Crippen molar-refractivity contribution >= 4 is 40.1 Å². The number of nitrogen functional groups attached to an aromatic ring is 1. The predicted molar refractivity (Wildman–Crippen MR) is 121 cm³/mol. The molecule has 0 spiro atoms. The molecule has 12 nitrogen and oxygen atoms in total. The van der Waals surface area contributed by atoms with E-state index in [9.17, 15) is 19.1 Å². The fourth-order valence-electron chi connectivity index (χ4n) is 3.81. The highest BCUT2D eigenvalue weighted by atomic mass is 19.1. The molecular weight excluding hydrogens is 461 g/mol. The number of rotatable bonds is 5. The van der Waals surface area contributed by atoms with Gasteiger partial charge in [0.1, 0.15) is 11.2 Å². The van der Waals surface area contributed by atoms with Gasteiger partial charge in [0, 0.05) is 36.4 Å². The van der Waals surface area contributed by atoms with Gasteiger partial charge >= 0.3 is 0 Å². The molecule has 4 N–H and O–H groups in total. The van der Waals surface area contributed by atoms with Gasteiger partial charge in [0.25, 0.3) is 11.8 Å². The van der Waals surface area contributed by atoms with Crippen molar-refractivity contribution in [3.63, 3.8) is 0 Å². The molecule has 1 aromatic carbocycles. The zero-order chi connectivity index (χ0) is 24.7. The molecule has 0 bridgehead atoms. The number of morpholine rings is 1. The Bertz CT molecular complexity index is 1420. The smallest absolute Gasteiger partial charge is 0.260 e. The quantitative estimate of drug-likeness (QED) is 0.381. The summed E-state index contributed by atoms with van der Waals surface area (Å²) in [5.41, 5.74) is 4.00. The summed E-state index contributed by atoms with van der Waals surface area (Å²) in [5.74, 6) is -2.20. The number of nitrogens with one attached hydrogen (secondary N) is 1. The van der Waals surface area contributed by atoms with Gasteiger partial charge < -0.3 is 25.4 Å². The second-order valence-corrected chi connectivity index (χ2v) is 8.07. The third-order valence-electron chi connectivity index (χ3n) is 5.65. The summed E-state index contributed by atoms with van der Waals surface area (Å²) in [6.45, 7) is 1.38. The number of pyridine rings is 1. The van der Waals surface area contributed by atoms with E-state index in [-0.39, 0.29) is 35.6 Å². The zero-order valence-electron chi connectivity index (χ0n) is 18.4. The first-order chi connectivity index (χ1) is 16.8. The number of benzene rings is 1. The van der Waals surface area contributed by atoms with Gasteiger partial charge in [-0.1, -0.05) is 5.16 Å². The normalized spacial score (nSPS) is 18.0. The summed E-state index contributed by atoms with van der Waals surface area (Å²) >= 11 is 0. The average Bonchev–Trinajstić information content (AvgIpc) is 3.47. The molecule has 2 unspecified atom stereocenters. The van der Waals surface area contributed by atoms with Crippen LogP contribution in [0.1, 0.15) is 6.92 Å². The van der Waals surface area contributed by atoms with Crippen LogP contribution in [0.2, 0.25) is 0 Å². The molecule has 3 aromatic heterocycles.